The van der Waals surface area contributed by atoms with E-state index in [-0.39, 0.29) is 17.4 Å². The zero-order chi connectivity index (χ0) is 18.3. The Bertz CT molecular complexity index is 995. The molecule has 3 aromatic rings. The summed E-state index contributed by atoms with van der Waals surface area (Å²) in [4.78, 5) is 17.3. The van der Waals surface area contributed by atoms with Crippen LogP contribution in [0.2, 0.25) is 0 Å². The van der Waals surface area contributed by atoms with Crippen LogP contribution < -0.4 is 5.32 Å². The Hall–Kier alpha value is -2.60. The molecule has 0 bridgehead atoms. The predicted octanol–water partition coefficient (Wildman–Crippen LogP) is 5.41. The normalized spacial score (nSPS) is 13.7. The van der Waals surface area contributed by atoms with Crippen LogP contribution in [-0.2, 0) is 4.79 Å². The van der Waals surface area contributed by atoms with Gasteiger partial charge < -0.3 is 5.32 Å². The van der Waals surface area contributed by atoms with Crippen LogP contribution in [0.15, 0.2) is 42.5 Å². The van der Waals surface area contributed by atoms with E-state index in [0.29, 0.717) is 5.69 Å². The minimum absolute atomic E-state index is 0.0477. The molecule has 0 spiro atoms. The van der Waals surface area contributed by atoms with Crippen LogP contribution >= 0.6 is 11.3 Å². The first-order valence-electron chi connectivity index (χ1n) is 8.35. The molecule has 0 unspecified atom stereocenters. The number of aryl methyl sites for hydroxylation is 1. The number of hydrogen-bond donors (Lipinski definition) is 1. The topological polar surface area (TPSA) is 42.0 Å². The largest absolute Gasteiger partial charge is 0.326 e. The molecule has 1 fully saturated rings. The number of amides is 1. The molecule has 0 radical (unpaired) electrons. The number of halogens is 2. The van der Waals surface area contributed by atoms with Crippen LogP contribution in [0.4, 0.5) is 14.5 Å². The van der Waals surface area contributed by atoms with Crippen molar-refractivity contribution in [3.05, 3.63) is 59.0 Å². The van der Waals surface area contributed by atoms with Crippen molar-refractivity contribution in [1.82, 2.24) is 4.98 Å². The molecule has 26 heavy (non-hydrogen) atoms. The van der Waals surface area contributed by atoms with Crippen molar-refractivity contribution in [3.8, 4) is 21.8 Å². The van der Waals surface area contributed by atoms with Crippen LogP contribution in [0.5, 0.6) is 0 Å². The summed E-state index contributed by atoms with van der Waals surface area (Å²) in [5.74, 6) is -1.06. The van der Waals surface area contributed by atoms with Gasteiger partial charge in [-0.2, -0.15) is 0 Å². The van der Waals surface area contributed by atoms with Crippen LogP contribution in [-0.4, -0.2) is 10.9 Å². The number of hydrogen-bond acceptors (Lipinski definition) is 3. The number of anilines is 1. The van der Waals surface area contributed by atoms with Gasteiger partial charge in [0.25, 0.3) is 0 Å². The van der Waals surface area contributed by atoms with Gasteiger partial charge in [-0.1, -0.05) is 12.1 Å². The van der Waals surface area contributed by atoms with E-state index in [1.807, 2.05) is 31.2 Å². The molecule has 1 aliphatic carbocycles. The van der Waals surface area contributed by atoms with Gasteiger partial charge in [-0.15, -0.1) is 11.3 Å². The van der Waals surface area contributed by atoms with Crippen molar-refractivity contribution in [2.45, 2.75) is 19.8 Å². The van der Waals surface area contributed by atoms with E-state index < -0.39 is 11.6 Å². The Morgan fingerprint density at radius 2 is 2.00 bits per heavy atom. The summed E-state index contributed by atoms with van der Waals surface area (Å²) in [7, 11) is 0. The molecule has 1 aromatic heterocycles. The van der Waals surface area contributed by atoms with E-state index in [2.05, 4.69) is 10.3 Å². The van der Waals surface area contributed by atoms with Gasteiger partial charge in [0, 0.05) is 33.7 Å². The molecule has 0 atom stereocenters. The maximum atomic E-state index is 14.1. The zero-order valence-electron chi connectivity index (χ0n) is 14.1. The zero-order valence-corrected chi connectivity index (χ0v) is 14.9. The summed E-state index contributed by atoms with van der Waals surface area (Å²) in [6, 6.07) is 11.0. The Labute approximate surface area is 153 Å². The molecule has 3 nitrogen and oxygen atoms in total. The average Bonchev–Trinajstić information content (AvgIpc) is 3.39. The van der Waals surface area contributed by atoms with Gasteiger partial charge in [0.1, 0.15) is 16.6 Å². The smallest absolute Gasteiger partial charge is 0.227 e. The molecule has 0 aliphatic heterocycles. The van der Waals surface area contributed by atoms with E-state index in [0.717, 1.165) is 40.0 Å². The Balaban J connectivity index is 1.65. The molecule has 1 saturated carbocycles. The first kappa shape index (κ1) is 16.8. The molecule has 1 amide bonds. The highest BCUT2D eigenvalue weighted by Crippen LogP contribution is 2.36. The summed E-state index contributed by atoms with van der Waals surface area (Å²) < 4.78 is 27.2. The number of carbonyl (C=O) groups excluding carboxylic acids is 1. The number of aromatic nitrogens is 1. The number of benzene rings is 2. The molecule has 2 aromatic carbocycles. The Morgan fingerprint density at radius 3 is 2.73 bits per heavy atom. The van der Waals surface area contributed by atoms with Gasteiger partial charge in [-0.05, 0) is 44.0 Å². The molecule has 1 heterocycles. The number of thiazole rings is 1. The molecule has 1 aliphatic rings. The molecule has 1 N–H and O–H groups in total. The van der Waals surface area contributed by atoms with Crippen LogP contribution in [0.1, 0.15) is 17.7 Å². The van der Waals surface area contributed by atoms with Gasteiger partial charge in [-0.25, -0.2) is 13.8 Å². The van der Waals surface area contributed by atoms with Crippen molar-refractivity contribution < 1.29 is 13.6 Å². The Kier molecular flexibility index (Phi) is 4.28. The quantitative estimate of drug-likeness (QED) is 0.667. The van der Waals surface area contributed by atoms with Crippen LogP contribution in [0, 0.1) is 24.5 Å². The maximum absolute atomic E-state index is 14.1. The summed E-state index contributed by atoms with van der Waals surface area (Å²) in [6.45, 7) is 1.86. The number of nitrogens with zero attached hydrogens (tertiary/aromatic N) is 1. The first-order valence-corrected chi connectivity index (χ1v) is 9.17. The van der Waals surface area contributed by atoms with E-state index in [4.69, 9.17) is 0 Å². The van der Waals surface area contributed by atoms with Gasteiger partial charge in [0.15, 0.2) is 0 Å². The molecule has 0 saturated heterocycles. The summed E-state index contributed by atoms with van der Waals surface area (Å²) in [6.07, 6.45) is 1.90. The van der Waals surface area contributed by atoms with Crippen LogP contribution in [0.3, 0.4) is 0 Å². The van der Waals surface area contributed by atoms with E-state index in [1.54, 1.807) is 0 Å². The second kappa shape index (κ2) is 6.61. The number of nitrogens with one attached hydrogen (secondary N) is 1. The molecule has 132 valence electrons. The lowest BCUT2D eigenvalue weighted by Gasteiger charge is -2.05. The fourth-order valence-electron chi connectivity index (χ4n) is 2.77. The highest BCUT2D eigenvalue weighted by molar-refractivity contribution is 7.15. The Morgan fingerprint density at radius 1 is 1.19 bits per heavy atom. The molecule has 6 heteroatoms. The number of rotatable bonds is 4. The van der Waals surface area contributed by atoms with Gasteiger partial charge >= 0.3 is 0 Å². The minimum atomic E-state index is -0.629. The minimum Gasteiger partial charge on any atom is -0.326 e. The third-order valence-electron chi connectivity index (χ3n) is 4.31. The van der Waals surface area contributed by atoms with Crippen LogP contribution in [0.25, 0.3) is 21.8 Å². The van der Waals surface area contributed by atoms with Gasteiger partial charge in [0.05, 0.1) is 5.69 Å². The summed E-state index contributed by atoms with van der Waals surface area (Å²) >= 11 is 1.44. The van der Waals surface area contributed by atoms with Crippen molar-refractivity contribution in [3.63, 3.8) is 0 Å². The lowest BCUT2D eigenvalue weighted by Crippen LogP contribution is -2.13. The summed E-state index contributed by atoms with van der Waals surface area (Å²) in [5.41, 5.74) is 2.36. The van der Waals surface area contributed by atoms with Gasteiger partial charge in [-0.3, -0.25) is 4.79 Å². The van der Waals surface area contributed by atoms with Gasteiger partial charge in [0.2, 0.25) is 5.91 Å². The second-order valence-corrected chi connectivity index (χ2v) is 7.60. The molecular formula is C20H16F2N2OS. The standard InChI is InChI=1S/C20H16F2N2OS/c1-11-18(16-8-7-14(21)10-17(16)22)24-20(26-11)13-3-2-4-15(9-13)23-19(25)12-5-6-12/h2-4,7-10,12H,5-6H2,1H3,(H,23,25). The highest BCUT2D eigenvalue weighted by atomic mass is 32.1. The van der Waals surface area contributed by atoms with E-state index >= 15 is 0 Å². The fraction of sp³-hybridized carbons (Fsp3) is 0.200. The first-order chi connectivity index (χ1) is 12.5. The van der Waals surface area contributed by atoms with Crippen molar-refractivity contribution in [1.29, 1.82) is 0 Å². The van der Waals surface area contributed by atoms with Crippen molar-refractivity contribution >= 4 is 22.9 Å². The fourth-order valence-corrected chi connectivity index (χ4v) is 3.70. The third kappa shape index (κ3) is 3.37. The lowest BCUT2D eigenvalue weighted by molar-refractivity contribution is -0.117. The van der Waals surface area contributed by atoms with E-state index in [1.165, 1.54) is 23.5 Å². The van der Waals surface area contributed by atoms with Crippen molar-refractivity contribution in [2.24, 2.45) is 5.92 Å². The van der Waals surface area contributed by atoms with E-state index in [9.17, 15) is 13.6 Å². The predicted molar refractivity (Wildman–Crippen MR) is 99.0 cm³/mol. The average molecular weight is 370 g/mol. The van der Waals surface area contributed by atoms with Crippen molar-refractivity contribution in [2.75, 3.05) is 5.32 Å². The monoisotopic (exact) mass is 370 g/mol. The third-order valence-corrected chi connectivity index (χ3v) is 5.33. The second-order valence-electron chi connectivity index (χ2n) is 6.39. The number of carbonyl (C=O) groups is 1. The SMILES string of the molecule is Cc1sc(-c2cccc(NC(=O)C3CC3)c2)nc1-c1ccc(F)cc1F. The maximum Gasteiger partial charge on any atom is 0.227 e. The highest BCUT2D eigenvalue weighted by Gasteiger charge is 2.29. The molecular weight excluding hydrogens is 354 g/mol. The summed E-state index contributed by atoms with van der Waals surface area (Å²) in [5, 5.41) is 3.64. The lowest BCUT2D eigenvalue weighted by atomic mass is 10.1. The molecule has 4 rings (SSSR count).